The van der Waals surface area contributed by atoms with Crippen molar-refractivity contribution >= 4 is 15.9 Å². The summed E-state index contributed by atoms with van der Waals surface area (Å²) in [6.07, 6.45) is 0.970. The molecule has 1 aromatic carbocycles. The van der Waals surface area contributed by atoms with E-state index in [1.807, 2.05) is 19.2 Å². The molecule has 0 saturated carbocycles. The molecule has 1 aromatic rings. The van der Waals surface area contributed by atoms with Gasteiger partial charge < -0.3 is 11.1 Å². The van der Waals surface area contributed by atoms with Gasteiger partial charge in [-0.05, 0) is 37.7 Å². The van der Waals surface area contributed by atoms with E-state index in [1.165, 1.54) is 5.56 Å². The minimum Gasteiger partial charge on any atom is -0.324 e. The second kappa shape index (κ2) is 5.37. The van der Waals surface area contributed by atoms with Crippen LogP contribution in [-0.2, 0) is 0 Å². The van der Waals surface area contributed by atoms with Crippen LogP contribution in [0.25, 0.3) is 0 Å². The minimum absolute atomic E-state index is 0.139. The third-order valence-electron chi connectivity index (χ3n) is 2.00. The van der Waals surface area contributed by atoms with Crippen LogP contribution in [0.2, 0.25) is 0 Å². The first-order valence-corrected chi connectivity index (χ1v) is 5.19. The molecule has 0 spiro atoms. The van der Waals surface area contributed by atoms with E-state index in [0.29, 0.717) is 0 Å². The first-order chi connectivity index (χ1) is 6.24. The van der Waals surface area contributed by atoms with Crippen LogP contribution < -0.4 is 11.1 Å². The molecule has 0 fully saturated rings. The molecule has 0 aliphatic carbocycles. The van der Waals surface area contributed by atoms with E-state index in [2.05, 4.69) is 33.4 Å². The predicted octanol–water partition coefficient (Wildman–Crippen LogP) is 2.06. The summed E-state index contributed by atoms with van der Waals surface area (Å²) in [6.45, 7) is 0.956. The lowest BCUT2D eigenvalue weighted by atomic mass is 10.1. The van der Waals surface area contributed by atoms with E-state index >= 15 is 0 Å². The number of hydrogen-bond donors (Lipinski definition) is 2. The highest BCUT2D eigenvalue weighted by Crippen LogP contribution is 2.16. The zero-order valence-corrected chi connectivity index (χ0v) is 9.34. The molecule has 0 radical (unpaired) electrons. The van der Waals surface area contributed by atoms with E-state index in [0.717, 1.165) is 17.4 Å². The Morgan fingerprint density at radius 1 is 1.38 bits per heavy atom. The monoisotopic (exact) mass is 242 g/mol. The SMILES string of the molecule is CNCCC(N)c1ccc(Br)cc1. The zero-order chi connectivity index (χ0) is 9.68. The van der Waals surface area contributed by atoms with Crippen LogP contribution in [0.3, 0.4) is 0 Å². The number of benzene rings is 1. The molecule has 1 unspecified atom stereocenters. The number of nitrogens with two attached hydrogens (primary N) is 1. The Labute approximate surface area is 87.6 Å². The van der Waals surface area contributed by atoms with Crippen molar-refractivity contribution in [3.05, 3.63) is 34.3 Å². The van der Waals surface area contributed by atoms with Gasteiger partial charge in [-0.25, -0.2) is 0 Å². The maximum absolute atomic E-state index is 5.98. The van der Waals surface area contributed by atoms with E-state index in [-0.39, 0.29) is 6.04 Å². The summed E-state index contributed by atoms with van der Waals surface area (Å²) in [7, 11) is 1.94. The van der Waals surface area contributed by atoms with E-state index < -0.39 is 0 Å². The molecular weight excluding hydrogens is 228 g/mol. The van der Waals surface area contributed by atoms with Gasteiger partial charge in [-0.3, -0.25) is 0 Å². The van der Waals surface area contributed by atoms with E-state index in [9.17, 15) is 0 Å². The van der Waals surface area contributed by atoms with Gasteiger partial charge in [0.1, 0.15) is 0 Å². The lowest BCUT2D eigenvalue weighted by Gasteiger charge is -2.11. The van der Waals surface area contributed by atoms with Crippen LogP contribution >= 0.6 is 15.9 Å². The average molecular weight is 243 g/mol. The summed E-state index contributed by atoms with van der Waals surface area (Å²) < 4.78 is 1.09. The Morgan fingerprint density at radius 2 is 2.00 bits per heavy atom. The molecule has 0 aromatic heterocycles. The highest BCUT2D eigenvalue weighted by molar-refractivity contribution is 9.10. The van der Waals surface area contributed by atoms with Gasteiger partial charge in [0.15, 0.2) is 0 Å². The van der Waals surface area contributed by atoms with Crippen molar-refractivity contribution in [2.24, 2.45) is 5.73 Å². The lowest BCUT2D eigenvalue weighted by Crippen LogP contribution is -2.17. The van der Waals surface area contributed by atoms with Gasteiger partial charge in [0.05, 0.1) is 0 Å². The summed E-state index contributed by atoms with van der Waals surface area (Å²) in [6, 6.07) is 8.30. The summed E-state index contributed by atoms with van der Waals surface area (Å²) in [5, 5.41) is 3.09. The quantitative estimate of drug-likeness (QED) is 0.849. The van der Waals surface area contributed by atoms with Crippen molar-refractivity contribution in [1.82, 2.24) is 5.32 Å². The molecule has 0 heterocycles. The normalized spacial score (nSPS) is 12.8. The molecule has 0 saturated heterocycles. The molecule has 0 amide bonds. The fourth-order valence-electron chi connectivity index (χ4n) is 1.18. The zero-order valence-electron chi connectivity index (χ0n) is 7.76. The highest BCUT2D eigenvalue weighted by Gasteiger charge is 2.03. The Kier molecular flexibility index (Phi) is 4.42. The van der Waals surface area contributed by atoms with Crippen LogP contribution in [0, 0.1) is 0 Å². The Balaban J connectivity index is 2.55. The number of nitrogens with one attached hydrogen (secondary N) is 1. The van der Waals surface area contributed by atoms with Gasteiger partial charge in [0.2, 0.25) is 0 Å². The van der Waals surface area contributed by atoms with Crippen molar-refractivity contribution in [3.63, 3.8) is 0 Å². The number of hydrogen-bond acceptors (Lipinski definition) is 2. The fraction of sp³-hybridized carbons (Fsp3) is 0.400. The van der Waals surface area contributed by atoms with Crippen LogP contribution in [0.5, 0.6) is 0 Å². The van der Waals surface area contributed by atoms with E-state index in [4.69, 9.17) is 5.73 Å². The second-order valence-electron chi connectivity index (χ2n) is 3.05. The molecule has 13 heavy (non-hydrogen) atoms. The molecule has 0 aliphatic heterocycles. The third kappa shape index (κ3) is 3.46. The number of rotatable bonds is 4. The van der Waals surface area contributed by atoms with Crippen molar-refractivity contribution < 1.29 is 0 Å². The van der Waals surface area contributed by atoms with Gasteiger partial charge >= 0.3 is 0 Å². The molecule has 0 bridgehead atoms. The average Bonchev–Trinajstić information content (AvgIpc) is 2.15. The highest BCUT2D eigenvalue weighted by atomic mass is 79.9. The van der Waals surface area contributed by atoms with Crippen LogP contribution in [0.4, 0.5) is 0 Å². The second-order valence-corrected chi connectivity index (χ2v) is 3.97. The van der Waals surface area contributed by atoms with Gasteiger partial charge in [0.25, 0.3) is 0 Å². The molecule has 2 nitrogen and oxygen atoms in total. The Hall–Kier alpha value is -0.380. The molecule has 1 rings (SSSR count). The first-order valence-electron chi connectivity index (χ1n) is 4.39. The summed E-state index contributed by atoms with van der Waals surface area (Å²) in [5.74, 6) is 0. The molecule has 3 N–H and O–H groups in total. The van der Waals surface area contributed by atoms with Crippen molar-refractivity contribution in [3.8, 4) is 0 Å². The summed E-state index contributed by atoms with van der Waals surface area (Å²) in [5.41, 5.74) is 7.17. The first kappa shape index (κ1) is 10.7. The topological polar surface area (TPSA) is 38.0 Å². The largest absolute Gasteiger partial charge is 0.324 e. The van der Waals surface area contributed by atoms with Gasteiger partial charge in [0, 0.05) is 10.5 Å². The Morgan fingerprint density at radius 3 is 2.54 bits per heavy atom. The molecule has 1 atom stereocenters. The van der Waals surface area contributed by atoms with Gasteiger partial charge in [-0.1, -0.05) is 28.1 Å². The van der Waals surface area contributed by atoms with E-state index in [1.54, 1.807) is 0 Å². The molecule has 72 valence electrons. The van der Waals surface area contributed by atoms with Crippen LogP contribution in [-0.4, -0.2) is 13.6 Å². The lowest BCUT2D eigenvalue weighted by molar-refractivity contribution is 0.615. The smallest absolute Gasteiger partial charge is 0.0307 e. The standard InChI is InChI=1S/C10H15BrN2/c1-13-7-6-10(12)8-2-4-9(11)5-3-8/h2-5,10,13H,6-7,12H2,1H3. The van der Waals surface area contributed by atoms with Crippen molar-refractivity contribution in [1.29, 1.82) is 0 Å². The van der Waals surface area contributed by atoms with Crippen molar-refractivity contribution in [2.45, 2.75) is 12.5 Å². The Bertz CT molecular complexity index is 246. The third-order valence-corrected chi connectivity index (χ3v) is 2.53. The van der Waals surface area contributed by atoms with Crippen LogP contribution in [0.15, 0.2) is 28.7 Å². The van der Waals surface area contributed by atoms with Gasteiger partial charge in [-0.15, -0.1) is 0 Å². The molecule has 0 aliphatic rings. The maximum Gasteiger partial charge on any atom is 0.0307 e. The van der Waals surface area contributed by atoms with Crippen LogP contribution in [0.1, 0.15) is 18.0 Å². The fourth-order valence-corrected chi connectivity index (χ4v) is 1.44. The summed E-state index contributed by atoms with van der Waals surface area (Å²) >= 11 is 3.39. The minimum atomic E-state index is 0.139. The summed E-state index contributed by atoms with van der Waals surface area (Å²) in [4.78, 5) is 0. The predicted molar refractivity (Wildman–Crippen MR) is 59.6 cm³/mol. The molecule has 3 heteroatoms. The number of halogens is 1. The van der Waals surface area contributed by atoms with Crippen molar-refractivity contribution in [2.75, 3.05) is 13.6 Å². The maximum atomic E-state index is 5.98. The van der Waals surface area contributed by atoms with Gasteiger partial charge in [-0.2, -0.15) is 0 Å². The molecular formula is C10H15BrN2.